The molecule has 0 radical (unpaired) electrons. The van der Waals surface area contributed by atoms with E-state index in [0.717, 1.165) is 17.8 Å². The molecule has 148 valence electrons. The Labute approximate surface area is 165 Å². The van der Waals surface area contributed by atoms with Gasteiger partial charge in [-0.25, -0.2) is 4.98 Å². The Kier molecular flexibility index (Phi) is 6.53. The lowest BCUT2D eigenvalue weighted by atomic mass is 10.1. The van der Waals surface area contributed by atoms with E-state index in [4.69, 9.17) is 9.47 Å². The Morgan fingerprint density at radius 3 is 2.82 bits per heavy atom. The first-order valence-corrected chi connectivity index (χ1v) is 9.58. The minimum atomic E-state index is -0.143. The third-order valence-corrected chi connectivity index (χ3v) is 4.46. The number of nitrogens with zero attached hydrogens (tertiary/aromatic N) is 2. The number of fused-ring (bicyclic) bond motifs is 1. The predicted molar refractivity (Wildman–Crippen MR) is 109 cm³/mol. The maximum Gasteiger partial charge on any atom is 0.251 e. The Morgan fingerprint density at radius 2 is 2.07 bits per heavy atom. The van der Waals surface area contributed by atoms with E-state index in [1.807, 2.05) is 35.0 Å². The number of amides is 1. The molecule has 2 aromatic heterocycles. The molecule has 0 aliphatic carbocycles. The summed E-state index contributed by atoms with van der Waals surface area (Å²) in [5.41, 5.74) is 2.39. The number of carbonyl (C=O) groups is 1. The van der Waals surface area contributed by atoms with Crippen LogP contribution in [0.3, 0.4) is 0 Å². The molecule has 1 N–H and O–H groups in total. The fraction of sp³-hybridized carbons (Fsp3) is 0.364. The molecule has 0 atom stereocenters. The lowest BCUT2D eigenvalue weighted by Crippen LogP contribution is -2.25. The lowest BCUT2D eigenvalue weighted by Gasteiger charge is -2.13. The highest BCUT2D eigenvalue weighted by molar-refractivity contribution is 5.94. The van der Waals surface area contributed by atoms with Gasteiger partial charge < -0.3 is 19.2 Å². The molecule has 1 aromatic carbocycles. The molecular weight excluding hydrogens is 354 g/mol. The number of nitrogens with one attached hydrogen (secondary N) is 1. The SMILES string of the molecule is COc1cc(C(=O)NCCc2cn3ccccc3n2)ccc1OCCC(C)C. The summed E-state index contributed by atoms with van der Waals surface area (Å²) < 4.78 is 13.1. The fourth-order valence-corrected chi connectivity index (χ4v) is 2.85. The van der Waals surface area contributed by atoms with Crippen molar-refractivity contribution in [1.82, 2.24) is 14.7 Å². The highest BCUT2D eigenvalue weighted by atomic mass is 16.5. The predicted octanol–water partition coefficient (Wildman–Crippen LogP) is 3.74. The first kappa shape index (κ1) is 19.7. The Balaban J connectivity index is 1.55. The molecule has 0 aliphatic rings. The number of benzene rings is 1. The number of hydrogen-bond acceptors (Lipinski definition) is 4. The third-order valence-electron chi connectivity index (χ3n) is 4.46. The van der Waals surface area contributed by atoms with Crippen LogP contribution in [0.2, 0.25) is 0 Å². The molecule has 0 unspecified atom stereocenters. The van der Waals surface area contributed by atoms with Crippen LogP contribution in [0.5, 0.6) is 11.5 Å². The second kappa shape index (κ2) is 9.26. The zero-order chi connectivity index (χ0) is 19.9. The van der Waals surface area contributed by atoms with Gasteiger partial charge in [0, 0.05) is 30.9 Å². The van der Waals surface area contributed by atoms with Gasteiger partial charge in [0.05, 0.1) is 19.4 Å². The van der Waals surface area contributed by atoms with Crippen LogP contribution in [0.15, 0.2) is 48.8 Å². The van der Waals surface area contributed by atoms with E-state index in [-0.39, 0.29) is 5.91 Å². The van der Waals surface area contributed by atoms with Gasteiger partial charge in [-0.15, -0.1) is 0 Å². The summed E-state index contributed by atoms with van der Waals surface area (Å²) >= 11 is 0. The highest BCUT2D eigenvalue weighted by Gasteiger charge is 2.11. The van der Waals surface area contributed by atoms with Crippen LogP contribution in [0.1, 0.15) is 36.3 Å². The van der Waals surface area contributed by atoms with E-state index in [1.54, 1.807) is 25.3 Å². The number of hydrogen-bond donors (Lipinski definition) is 1. The number of imidazole rings is 1. The van der Waals surface area contributed by atoms with Gasteiger partial charge >= 0.3 is 0 Å². The van der Waals surface area contributed by atoms with Crippen LogP contribution in [0.25, 0.3) is 5.65 Å². The van der Waals surface area contributed by atoms with Gasteiger partial charge in [-0.05, 0) is 42.7 Å². The Hall–Kier alpha value is -3.02. The van der Waals surface area contributed by atoms with Crippen LogP contribution in [0, 0.1) is 5.92 Å². The number of carbonyl (C=O) groups excluding carboxylic acids is 1. The molecule has 3 aromatic rings. The molecule has 6 nitrogen and oxygen atoms in total. The summed E-state index contributed by atoms with van der Waals surface area (Å²) in [7, 11) is 1.58. The zero-order valence-corrected chi connectivity index (χ0v) is 16.6. The van der Waals surface area contributed by atoms with Crippen LogP contribution < -0.4 is 14.8 Å². The molecule has 0 spiro atoms. The van der Waals surface area contributed by atoms with Crippen molar-refractivity contribution < 1.29 is 14.3 Å². The fourth-order valence-electron chi connectivity index (χ4n) is 2.85. The molecule has 2 heterocycles. The van der Waals surface area contributed by atoms with Gasteiger partial charge in [0.15, 0.2) is 11.5 Å². The number of methoxy groups -OCH3 is 1. The molecule has 1 amide bonds. The average Bonchev–Trinajstić information content (AvgIpc) is 3.10. The van der Waals surface area contributed by atoms with Gasteiger partial charge in [-0.1, -0.05) is 19.9 Å². The monoisotopic (exact) mass is 381 g/mol. The maximum absolute atomic E-state index is 12.5. The molecule has 0 aliphatic heterocycles. The molecule has 0 bridgehead atoms. The topological polar surface area (TPSA) is 64.9 Å². The molecule has 3 rings (SSSR count). The summed E-state index contributed by atoms with van der Waals surface area (Å²) in [5.74, 6) is 1.65. The number of pyridine rings is 1. The maximum atomic E-state index is 12.5. The normalized spacial score (nSPS) is 11.0. The van der Waals surface area contributed by atoms with Crippen LogP contribution >= 0.6 is 0 Å². The summed E-state index contributed by atoms with van der Waals surface area (Å²) in [6.07, 6.45) is 5.57. The molecule has 28 heavy (non-hydrogen) atoms. The van der Waals surface area contributed by atoms with Crippen molar-refractivity contribution >= 4 is 11.6 Å². The third kappa shape index (κ3) is 5.03. The Bertz CT molecular complexity index is 901. The molecule has 0 saturated carbocycles. The molecule has 0 fully saturated rings. The minimum absolute atomic E-state index is 0.143. The van der Waals surface area contributed by atoms with E-state index < -0.39 is 0 Å². The average molecular weight is 381 g/mol. The summed E-state index contributed by atoms with van der Waals surface area (Å²) in [4.78, 5) is 17.0. The van der Waals surface area contributed by atoms with Crippen molar-refractivity contribution in [2.45, 2.75) is 26.7 Å². The van der Waals surface area contributed by atoms with Gasteiger partial charge in [0.25, 0.3) is 5.91 Å². The summed E-state index contributed by atoms with van der Waals surface area (Å²) in [5, 5.41) is 2.94. The first-order chi connectivity index (χ1) is 13.6. The van der Waals surface area contributed by atoms with Crippen molar-refractivity contribution in [3.05, 3.63) is 60.0 Å². The summed E-state index contributed by atoms with van der Waals surface area (Å²) in [6, 6.07) is 11.1. The van der Waals surface area contributed by atoms with Gasteiger partial charge in [-0.2, -0.15) is 0 Å². The highest BCUT2D eigenvalue weighted by Crippen LogP contribution is 2.28. The first-order valence-electron chi connectivity index (χ1n) is 9.58. The summed E-state index contributed by atoms with van der Waals surface area (Å²) in [6.45, 7) is 5.44. The molecule has 6 heteroatoms. The lowest BCUT2D eigenvalue weighted by molar-refractivity contribution is 0.0953. The van der Waals surface area contributed by atoms with Gasteiger partial charge in [-0.3, -0.25) is 4.79 Å². The van der Waals surface area contributed by atoms with Gasteiger partial charge in [0.2, 0.25) is 0 Å². The zero-order valence-electron chi connectivity index (χ0n) is 16.6. The van der Waals surface area contributed by atoms with Crippen molar-refractivity contribution in [2.24, 2.45) is 5.92 Å². The van der Waals surface area contributed by atoms with Crippen molar-refractivity contribution in [3.63, 3.8) is 0 Å². The van der Waals surface area contributed by atoms with Crippen molar-refractivity contribution in [3.8, 4) is 11.5 Å². The molecule has 0 saturated heterocycles. The van der Waals surface area contributed by atoms with E-state index in [2.05, 4.69) is 24.1 Å². The van der Waals surface area contributed by atoms with Crippen LogP contribution in [0.4, 0.5) is 0 Å². The minimum Gasteiger partial charge on any atom is -0.493 e. The van der Waals surface area contributed by atoms with E-state index in [9.17, 15) is 4.79 Å². The number of ether oxygens (including phenoxy) is 2. The van der Waals surface area contributed by atoms with Crippen LogP contribution in [-0.4, -0.2) is 35.6 Å². The molecular formula is C22H27N3O3. The Morgan fingerprint density at radius 1 is 1.21 bits per heavy atom. The number of aromatic nitrogens is 2. The van der Waals surface area contributed by atoms with E-state index in [1.165, 1.54) is 0 Å². The standard InChI is InChI=1S/C22H27N3O3/c1-16(2)10-13-28-19-8-7-17(14-20(19)27-3)22(26)23-11-9-18-15-25-12-5-4-6-21(25)24-18/h4-8,12,14-16H,9-11,13H2,1-3H3,(H,23,26). The second-order valence-corrected chi connectivity index (χ2v) is 7.10. The quantitative estimate of drug-likeness (QED) is 0.613. The number of rotatable bonds is 9. The van der Waals surface area contributed by atoms with Crippen molar-refractivity contribution in [2.75, 3.05) is 20.3 Å². The largest absolute Gasteiger partial charge is 0.493 e. The van der Waals surface area contributed by atoms with Gasteiger partial charge in [0.1, 0.15) is 5.65 Å². The van der Waals surface area contributed by atoms with E-state index in [0.29, 0.717) is 42.6 Å². The van der Waals surface area contributed by atoms with Crippen molar-refractivity contribution in [1.29, 1.82) is 0 Å². The van der Waals surface area contributed by atoms with Crippen LogP contribution in [-0.2, 0) is 6.42 Å². The second-order valence-electron chi connectivity index (χ2n) is 7.10. The smallest absolute Gasteiger partial charge is 0.251 e. The van der Waals surface area contributed by atoms with E-state index >= 15 is 0 Å².